The number of hydrogen-bond acceptors (Lipinski definition) is 10. The first kappa shape index (κ1) is 41.7. The number of aliphatic hydroxyl groups excluding tert-OH is 2. The summed E-state index contributed by atoms with van der Waals surface area (Å²) in [7, 11) is 1.40. The molecule has 2 aliphatic heterocycles. The summed E-state index contributed by atoms with van der Waals surface area (Å²) in [5.41, 5.74) is 5.05. The average molecular weight is 775 g/mol. The van der Waals surface area contributed by atoms with Gasteiger partial charge in [-0.15, -0.1) is 6.58 Å². The molecule has 1 saturated heterocycles. The number of nitrogens with zero attached hydrogens (tertiary/aromatic N) is 2. The first-order chi connectivity index (χ1) is 27.3. The Bertz CT molecular complexity index is 1700. The van der Waals surface area contributed by atoms with E-state index in [0.29, 0.717) is 50.3 Å². The number of hydrogen-bond donors (Lipinski definition) is 2. The van der Waals surface area contributed by atoms with Gasteiger partial charge in [0.25, 0.3) is 0 Å². The predicted molar refractivity (Wildman–Crippen MR) is 215 cm³/mol. The Labute approximate surface area is 332 Å². The van der Waals surface area contributed by atoms with E-state index >= 15 is 0 Å². The highest BCUT2D eigenvalue weighted by Gasteiger charge is 2.65. The molecule has 7 unspecified atom stereocenters. The van der Waals surface area contributed by atoms with Gasteiger partial charge in [0.15, 0.2) is 0 Å². The SMILES string of the molecule is C=CCOC12Oc3ccc(Oc4ccc(C)c(C)c4)cc3C3C(CCCCO)C(CCCCO)C=C(C(=NOC4CCCCO4)CC1N(CCC)C(=O)OC)C32. The second-order valence-corrected chi connectivity index (χ2v) is 15.7. The molecule has 0 spiro atoms. The summed E-state index contributed by atoms with van der Waals surface area (Å²) in [6.07, 6.45) is 11.6. The van der Waals surface area contributed by atoms with E-state index in [9.17, 15) is 15.0 Å². The van der Waals surface area contributed by atoms with Crippen LogP contribution in [0.4, 0.5) is 4.79 Å². The minimum absolute atomic E-state index is 0.0977. The molecule has 2 fully saturated rings. The van der Waals surface area contributed by atoms with E-state index in [4.69, 9.17) is 33.7 Å². The zero-order valence-corrected chi connectivity index (χ0v) is 33.8. The van der Waals surface area contributed by atoms with E-state index in [1.54, 1.807) is 11.0 Å². The third-order valence-corrected chi connectivity index (χ3v) is 12.0. The van der Waals surface area contributed by atoms with Crippen LogP contribution in [0.5, 0.6) is 17.2 Å². The van der Waals surface area contributed by atoms with Crippen molar-refractivity contribution in [2.24, 2.45) is 22.9 Å². The number of unbranched alkanes of at least 4 members (excludes halogenated alkanes) is 2. The normalized spacial score (nSPS) is 27.3. The number of carbonyl (C=O) groups is 1. The minimum Gasteiger partial charge on any atom is -0.459 e. The van der Waals surface area contributed by atoms with Crippen molar-refractivity contribution in [3.05, 3.63) is 77.4 Å². The molecule has 2 aromatic rings. The van der Waals surface area contributed by atoms with E-state index in [0.717, 1.165) is 73.1 Å². The van der Waals surface area contributed by atoms with Gasteiger partial charge in [-0.3, -0.25) is 4.90 Å². The number of aliphatic hydroxyl groups is 2. The van der Waals surface area contributed by atoms with Gasteiger partial charge in [-0.25, -0.2) is 4.79 Å². The number of allylic oxidation sites excluding steroid dienone is 1. The minimum atomic E-state index is -1.34. The smallest absolute Gasteiger partial charge is 0.409 e. The summed E-state index contributed by atoms with van der Waals surface area (Å²) in [5.74, 6) is 0.402. The number of benzene rings is 2. The molecule has 11 nitrogen and oxygen atoms in total. The lowest BCUT2D eigenvalue weighted by Gasteiger charge is -2.59. The third kappa shape index (κ3) is 8.96. The van der Waals surface area contributed by atoms with Crippen LogP contribution in [0, 0.1) is 31.6 Å². The van der Waals surface area contributed by atoms with Crippen molar-refractivity contribution in [3.8, 4) is 17.2 Å². The standard InChI is InChI=1S/C45H62N2O9/c1-6-21-47(44(50)51-5)40-29-38(46-56-41-16-10-13-25-52-41)36-27-32(14-8-11-22-48)35(15-9-12-23-49)42-37-28-34(54-33-18-17-30(3)31(4)26-33)19-20-39(37)55-45(40,43(36)42)53-24-7-2/h7,17-20,26-28,32,35,40-43,48-49H,2,6,8-16,21-25,29H2,1,3-5H3. The van der Waals surface area contributed by atoms with E-state index in [1.807, 2.05) is 25.1 Å². The lowest BCUT2D eigenvalue weighted by Crippen LogP contribution is -2.70. The molecule has 1 amide bonds. The van der Waals surface area contributed by atoms with Crippen LogP contribution in [0.3, 0.4) is 0 Å². The van der Waals surface area contributed by atoms with Crippen LogP contribution in [0.25, 0.3) is 0 Å². The maximum absolute atomic E-state index is 13.8. The largest absolute Gasteiger partial charge is 0.459 e. The average Bonchev–Trinajstić information content (AvgIpc) is 3.21. The number of carbonyl (C=O) groups excluding carboxylic acids is 1. The van der Waals surface area contributed by atoms with Gasteiger partial charge in [0.05, 0.1) is 32.0 Å². The zero-order chi connectivity index (χ0) is 39.7. The highest BCUT2D eigenvalue weighted by atomic mass is 16.8. The van der Waals surface area contributed by atoms with E-state index in [-0.39, 0.29) is 37.6 Å². The molecule has 0 aromatic heterocycles. The molecule has 2 N–H and O–H groups in total. The number of methoxy groups -OCH3 is 1. The molecule has 4 aliphatic rings. The van der Waals surface area contributed by atoms with Crippen molar-refractivity contribution in [3.63, 3.8) is 0 Å². The Morgan fingerprint density at radius 3 is 2.50 bits per heavy atom. The van der Waals surface area contributed by atoms with Crippen molar-refractivity contribution in [1.82, 2.24) is 4.90 Å². The van der Waals surface area contributed by atoms with Gasteiger partial charge < -0.3 is 38.7 Å². The summed E-state index contributed by atoms with van der Waals surface area (Å²) < 4.78 is 32.2. The van der Waals surface area contributed by atoms with Crippen LogP contribution < -0.4 is 9.47 Å². The first-order valence-electron chi connectivity index (χ1n) is 20.7. The van der Waals surface area contributed by atoms with Gasteiger partial charge in [-0.2, -0.15) is 0 Å². The second kappa shape index (κ2) is 19.5. The van der Waals surface area contributed by atoms with Gasteiger partial charge in [0.1, 0.15) is 23.3 Å². The fourth-order valence-electron chi connectivity index (χ4n) is 9.27. The highest BCUT2D eigenvalue weighted by Crippen LogP contribution is 2.62. The van der Waals surface area contributed by atoms with Crippen LogP contribution in [0.2, 0.25) is 0 Å². The van der Waals surface area contributed by atoms with Crippen molar-refractivity contribution in [2.45, 2.75) is 115 Å². The Morgan fingerprint density at radius 2 is 1.80 bits per heavy atom. The molecule has 1 saturated carbocycles. The number of fused-ring (bicyclic) bond motifs is 2. The maximum atomic E-state index is 13.8. The molecule has 11 heteroatoms. The van der Waals surface area contributed by atoms with E-state index in [2.05, 4.69) is 44.7 Å². The molecule has 56 heavy (non-hydrogen) atoms. The van der Waals surface area contributed by atoms with E-state index < -0.39 is 30.1 Å². The molecular weight excluding hydrogens is 712 g/mol. The maximum Gasteiger partial charge on any atom is 0.409 e. The number of ether oxygens (including phenoxy) is 5. The van der Waals surface area contributed by atoms with Crippen LogP contribution in [-0.4, -0.2) is 85.1 Å². The molecule has 2 heterocycles. The van der Waals surface area contributed by atoms with Gasteiger partial charge in [0, 0.05) is 44.1 Å². The molecular formula is C45H62N2O9. The molecule has 7 atom stereocenters. The lowest BCUT2D eigenvalue weighted by molar-refractivity contribution is -0.255. The molecule has 0 radical (unpaired) electrons. The molecule has 0 bridgehead atoms. The number of amides is 1. The number of oxime groups is 1. The van der Waals surface area contributed by atoms with Gasteiger partial charge in [-0.05, 0) is 118 Å². The van der Waals surface area contributed by atoms with Gasteiger partial charge in [-0.1, -0.05) is 43.1 Å². The quantitative estimate of drug-likeness (QED) is 0.0868. The van der Waals surface area contributed by atoms with Crippen LogP contribution in [0.15, 0.2) is 65.9 Å². The summed E-state index contributed by atoms with van der Waals surface area (Å²) in [6.45, 7) is 11.7. The molecule has 306 valence electrons. The monoisotopic (exact) mass is 774 g/mol. The first-order valence-corrected chi connectivity index (χ1v) is 20.7. The van der Waals surface area contributed by atoms with Gasteiger partial charge in [0.2, 0.25) is 12.1 Å². The fourth-order valence-corrected chi connectivity index (χ4v) is 9.27. The van der Waals surface area contributed by atoms with Crippen molar-refractivity contribution < 1.29 is 43.5 Å². The Balaban J connectivity index is 1.57. The number of aryl methyl sites for hydroxylation is 2. The molecule has 6 rings (SSSR count). The second-order valence-electron chi connectivity index (χ2n) is 15.7. The van der Waals surface area contributed by atoms with Gasteiger partial charge >= 0.3 is 6.09 Å². The lowest BCUT2D eigenvalue weighted by atomic mass is 9.55. The molecule has 2 aromatic carbocycles. The summed E-state index contributed by atoms with van der Waals surface area (Å²) in [6, 6.07) is 11.5. The fraction of sp³-hybridized carbons (Fsp3) is 0.600. The number of rotatable bonds is 18. The zero-order valence-electron chi connectivity index (χ0n) is 33.8. The van der Waals surface area contributed by atoms with Crippen molar-refractivity contribution in [2.75, 3.05) is 40.1 Å². The topological polar surface area (TPSA) is 129 Å². The Hall–Kier alpha value is -3.90. The van der Waals surface area contributed by atoms with Crippen LogP contribution in [0.1, 0.15) is 100 Å². The van der Waals surface area contributed by atoms with Crippen molar-refractivity contribution in [1.29, 1.82) is 0 Å². The Kier molecular flexibility index (Phi) is 14.5. The molecule has 2 aliphatic carbocycles. The predicted octanol–water partition coefficient (Wildman–Crippen LogP) is 8.73. The van der Waals surface area contributed by atoms with Crippen LogP contribution >= 0.6 is 0 Å². The highest BCUT2D eigenvalue weighted by molar-refractivity contribution is 6.03. The summed E-state index contributed by atoms with van der Waals surface area (Å²) in [4.78, 5) is 21.7. The van der Waals surface area contributed by atoms with E-state index in [1.165, 1.54) is 12.7 Å². The van der Waals surface area contributed by atoms with Crippen LogP contribution in [-0.2, 0) is 19.0 Å². The Morgan fingerprint density at radius 1 is 1.04 bits per heavy atom. The summed E-state index contributed by atoms with van der Waals surface area (Å²) >= 11 is 0. The van der Waals surface area contributed by atoms with Crippen molar-refractivity contribution >= 4 is 11.8 Å². The third-order valence-electron chi connectivity index (χ3n) is 12.0. The summed E-state index contributed by atoms with van der Waals surface area (Å²) in [5, 5.41) is 24.7.